The highest BCUT2D eigenvalue weighted by atomic mass is 79.9. The molecule has 0 fully saturated rings. The largest absolute Gasteiger partial charge is 0.497 e. The lowest BCUT2D eigenvalue weighted by Gasteiger charge is -2.06. The number of aromatic nitrogens is 6. The van der Waals surface area contributed by atoms with Crippen molar-refractivity contribution in [3.05, 3.63) is 46.9 Å². The van der Waals surface area contributed by atoms with Crippen LogP contribution in [-0.2, 0) is 0 Å². The van der Waals surface area contributed by atoms with E-state index in [9.17, 15) is 0 Å². The van der Waals surface area contributed by atoms with Gasteiger partial charge in [0, 0.05) is 9.86 Å². The third-order valence-electron chi connectivity index (χ3n) is 4.17. The summed E-state index contributed by atoms with van der Waals surface area (Å²) >= 11 is 3.48. The molecule has 122 valence electrons. The predicted molar refractivity (Wildman–Crippen MR) is 97.6 cm³/mol. The van der Waals surface area contributed by atoms with Gasteiger partial charge in [0.1, 0.15) is 11.6 Å². The number of imidazole rings is 1. The highest BCUT2D eigenvalue weighted by molar-refractivity contribution is 9.10. The summed E-state index contributed by atoms with van der Waals surface area (Å²) in [5, 5.41) is 13.1. The molecule has 3 aromatic heterocycles. The zero-order chi connectivity index (χ0) is 17.0. The Kier molecular flexibility index (Phi) is 3.01. The first-order valence-electron chi connectivity index (χ1n) is 7.57. The molecule has 3 heterocycles. The number of methoxy groups -OCH3 is 1. The summed E-state index contributed by atoms with van der Waals surface area (Å²) in [7, 11) is 1.65. The fraction of sp³-hybridized carbons (Fsp3) is 0.0588. The number of tetrazole rings is 1. The number of halogens is 1. The summed E-state index contributed by atoms with van der Waals surface area (Å²) in [4.78, 5) is 8.03. The van der Waals surface area contributed by atoms with Gasteiger partial charge in [-0.05, 0) is 52.9 Å². The van der Waals surface area contributed by atoms with Crippen LogP contribution in [0.4, 0.5) is 0 Å². The number of hydrogen-bond acceptors (Lipinski definition) is 5. The van der Waals surface area contributed by atoms with E-state index in [0.29, 0.717) is 5.65 Å². The Balaban J connectivity index is 1.84. The van der Waals surface area contributed by atoms with Crippen LogP contribution in [0.25, 0.3) is 39.0 Å². The van der Waals surface area contributed by atoms with Gasteiger partial charge in [-0.1, -0.05) is 15.9 Å². The van der Waals surface area contributed by atoms with E-state index in [1.54, 1.807) is 11.6 Å². The Bertz CT molecular complexity index is 1260. The number of ether oxygens (including phenoxy) is 1. The summed E-state index contributed by atoms with van der Waals surface area (Å²) in [6.45, 7) is 0. The van der Waals surface area contributed by atoms with Crippen LogP contribution in [-0.4, -0.2) is 37.1 Å². The van der Waals surface area contributed by atoms with E-state index in [4.69, 9.17) is 4.74 Å². The molecule has 1 N–H and O–H groups in total. The van der Waals surface area contributed by atoms with Gasteiger partial charge in [-0.3, -0.25) is 0 Å². The van der Waals surface area contributed by atoms with Crippen LogP contribution in [0.3, 0.4) is 0 Å². The minimum absolute atomic E-state index is 0.649. The van der Waals surface area contributed by atoms with Crippen molar-refractivity contribution in [3.8, 4) is 17.1 Å². The maximum Gasteiger partial charge on any atom is 0.190 e. The van der Waals surface area contributed by atoms with Gasteiger partial charge in [0.2, 0.25) is 0 Å². The number of pyridine rings is 1. The van der Waals surface area contributed by atoms with Gasteiger partial charge in [0.05, 0.1) is 29.2 Å². The van der Waals surface area contributed by atoms with Crippen molar-refractivity contribution in [3.63, 3.8) is 0 Å². The maximum atomic E-state index is 5.33. The molecule has 0 spiro atoms. The van der Waals surface area contributed by atoms with E-state index in [2.05, 4.69) is 41.4 Å². The lowest BCUT2D eigenvalue weighted by molar-refractivity contribution is 0.415. The van der Waals surface area contributed by atoms with Crippen LogP contribution in [0, 0.1) is 0 Å². The van der Waals surface area contributed by atoms with E-state index in [0.717, 1.165) is 43.5 Å². The number of nitrogens with zero attached hydrogens (tertiary/aromatic N) is 5. The highest BCUT2D eigenvalue weighted by Gasteiger charge is 2.15. The fourth-order valence-corrected chi connectivity index (χ4v) is 3.35. The molecule has 0 atom stereocenters. The molecule has 0 bridgehead atoms. The SMILES string of the molecule is COc1ccc2c(c1)cc(-c1nc3ccc(Br)cc3[nH]1)c1nnnn12. The van der Waals surface area contributed by atoms with Crippen molar-refractivity contribution < 1.29 is 4.74 Å². The van der Waals surface area contributed by atoms with E-state index < -0.39 is 0 Å². The molecule has 8 heteroatoms. The Morgan fingerprint density at radius 2 is 2.04 bits per heavy atom. The van der Waals surface area contributed by atoms with Gasteiger partial charge in [0.25, 0.3) is 0 Å². The smallest absolute Gasteiger partial charge is 0.190 e. The minimum atomic E-state index is 0.649. The second kappa shape index (κ2) is 5.25. The molecule has 0 unspecified atom stereocenters. The van der Waals surface area contributed by atoms with Crippen LogP contribution < -0.4 is 4.74 Å². The average Bonchev–Trinajstić information content (AvgIpc) is 3.27. The molecular formula is C17H11BrN6O. The van der Waals surface area contributed by atoms with Crippen molar-refractivity contribution >= 4 is 43.5 Å². The van der Waals surface area contributed by atoms with E-state index in [1.165, 1.54) is 0 Å². The molecule has 25 heavy (non-hydrogen) atoms. The third-order valence-corrected chi connectivity index (χ3v) is 4.67. The first kappa shape index (κ1) is 14.4. The van der Waals surface area contributed by atoms with Crippen molar-refractivity contribution in [1.29, 1.82) is 0 Å². The summed E-state index contributed by atoms with van der Waals surface area (Å²) in [5.74, 6) is 1.50. The molecule has 0 radical (unpaired) electrons. The van der Waals surface area contributed by atoms with Crippen LogP contribution >= 0.6 is 15.9 Å². The average molecular weight is 395 g/mol. The number of rotatable bonds is 2. The summed E-state index contributed by atoms with van der Waals surface area (Å²) in [6, 6.07) is 13.7. The number of hydrogen-bond donors (Lipinski definition) is 1. The predicted octanol–water partition coefficient (Wildman–Crippen LogP) is 3.59. The van der Waals surface area contributed by atoms with E-state index in [-0.39, 0.29) is 0 Å². The molecule has 0 saturated carbocycles. The number of H-pyrrole nitrogens is 1. The zero-order valence-electron chi connectivity index (χ0n) is 13.1. The first-order chi connectivity index (χ1) is 12.2. The Hall–Kier alpha value is -3.00. The van der Waals surface area contributed by atoms with Crippen LogP contribution in [0.1, 0.15) is 0 Å². The normalized spacial score (nSPS) is 11.6. The molecule has 0 aliphatic heterocycles. The monoisotopic (exact) mass is 394 g/mol. The lowest BCUT2D eigenvalue weighted by Crippen LogP contribution is -1.95. The van der Waals surface area contributed by atoms with Crippen molar-refractivity contribution in [2.75, 3.05) is 7.11 Å². The molecule has 2 aromatic carbocycles. The van der Waals surface area contributed by atoms with Crippen molar-refractivity contribution in [2.24, 2.45) is 0 Å². The molecule has 5 aromatic rings. The van der Waals surface area contributed by atoms with E-state index in [1.807, 2.05) is 42.5 Å². The van der Waals surface area contributed by atoms with Gasteiger partial charge in [-0.2, -0.15) is 4.52 Å². The van der Waals surface area contributed by atoms with Crippen molar-refractivity contribution in [2.45, 2.75) is 0 Å². The number of benzene rings is 2. The van der Waals surface area contributed by atoms with Crippen LogP contribution in [0.15, 0.2) is 46.9 Å². The fourth-order valence-electron chi connectivity index (χ4n) is 2.99. The quantitative estimate of drug-likeness (QED) is 0.494. The van der Waals surface area contributed by atoms with Crippen LogP contribution in [0.5, 0.6) is 5.75 Å². The Morgan fingerprint density at radius 1 is 1.12 bits per heavy atom. The number of nitrogens with one attached hydrogen (secondary N) is 1. The van der Waals surface area contributed by atoms with Crippen LogP contribution in [0.2, 0.25) is 0 Å². The first-order valence-corrected chi connectivity index (χ1v) is 8.37. The molecule has 0 aliphatic carbocycles. The second-order valence-electron chi connectivity index (χ2n) is 5.64. The topological polar surface area (TPSA) is 81.0 Å². The minimum Gasteiger partial charge on any atom is -0.497 e. The molecular weight excluding hydrogens is 384 g/mol. The zero-order valence-corrected chi connectivity index (χ0v) is 14.6. The number of fused-ring (bicyclic) bond motifs is 4. The molecule has 0 aliphatic rings. The van der Waals surface area contributed by atoms with Gasteiger partial charge in [-0.25, -0.2) is 4.98 Å². The van der Waals surface area contributed by atoms with E-state index >= 15 is 0 Å². The molecule has 0 saturated heterocycles. The second-order valence-corrected chi connectivity index (χ2v) is 6.56. The molecule has 7 nitrogen and oxygen atoms in total. The van der Waals surface area contributed by atoms with Gasteiger partial charge >= 0.3 is 0 Å². The summed E-state index contributed by atoms with van der Waals surface area (Å²) in [6.07, 6.45) is 0. The van der Waals surface area contributed by atoms with Gasteiger partial charge in [-0.15, -0.1) is 5.10 Å². The third kappa shape index (κ3) is 2.18. The Labute approximate surface area is 149 Å². The lowest BCUT2D eigenvalue weighted by atomic mass is 10.1. The van der Waals surface area contributed by atoms with Gasteiger partial charge < -0.3 is 9.72 Å². The highest BCUT2D eigenvalue weighted by Crippen LogP contribution is 2.30. The molecule has 0 amide bonds. The summed E-state index contributed by atoms with van der Waals surface area (Å²) in [5.41, 5.74) is 4.22. The van der Waals surface area contributed by atoms with Crippen molar-refractivity contribution in [1.82, 2.24) is 30.0 Å². The van der Waals surface area contributed by atoms with Gasteiger partial charge in [0.15, 0.2) is 5.65 Å². The molecule has 5 rings (SSSR count). The summed E-state index contributed by atoms with van der Waals surface area (Å²) < 4.78 is 8.04. The number of aromatic amines is 1. The standard InChI is InChI=1S/C17H11BrN6O/c1-25-11-3-5-15-9(6-11)7-12(17-21-22-23-24(15)17)16-19-13-4-2-10(18)8-14(13)20-16/h2-8H,1H3,(H,19,20). The maximum absolute atomic E-state index is 5.33. The Morgan fingerprint density at radius 3 is 2.92 bits per heavy atom.